The molecule has 2 unspecified atom stereocenters. The number of aliphatic hydroxyl groups excluding tert-OH is 1. The molecule has 1 heterocycles. The predicted molar refractivity (Wildman–Crippen MR) is 87.5 cm³/mol. The molecule has 1 saturated carbocycles. The van der Waals surface area contributed by atoms with Crippen molar-refractivity contribution >= 4 is 10.9 Å². The molecule has 3 N–H and O–H groups in total. The molecule has 1 aliphatic carbocycles. The van der Waals surface area contributed by atoms with Crippen LogP contribution in [0.2, 0.25) is 0 Å². The van der Waals surface area contributed by atoms with Gasteiger partial charge in [0.15, 0.2) is 0 Å². The van der Waals surface area contributed by atoms with Crippen LogP contribution >= 0.6 is 0 Å². The molecule has 2 aromatic rings. The summed E-state index contributed by atoms with van der Waals surface area (Å²) < 4.78 is 13.3. The van der Waals surface area contributed by atoms with Crippen molar-refractivity contribution in [1.82, 2.24) is 10.3 Å². The van der Waals surface area contributed by atoms with E-state index >= 15 is 0 Å². The standard InChI is InChI=1S/C18H25FN2O/c1-12-16(17-6-5-14(19)10-18(17)21-12)7-8-20-15-4-2-3-13(9-15)11-22/h5-6,10,13,15,20-22H,2-4,7-9,11H2,1H3. The minimum absolute atomic E-state index is 0.198. The second-order valence-electron chi connectivity index (χ2n) is 6.53. The molecule has 0 amide bonds. The van der Waals surface area contributed by atoms with E-state index in [-0.39, 0.29) is 5.82 Å². The highest BCUT2D eigenvalue weighted by atomic mass is 19.1. The summed E-state index contributed by atoms with van der Waals surface area (Å²) in [5.74, 6) is 0.264. The SMILES string of the molecule is Cc1[nH]c2cc(F)ccc2c1CCNC1CCCC(CO)C1. The van der Waals surface area contributed by atoms with E-state index in [2.05, 4.69) is 17.2 Å². The second kappa shape index (κ2) is 6.80. The molecule has 0 bridgehead atoms. The quantitative estimate of drug-likeness (QED) is 0.794. The number of H-pyrrole nitrogens is 1. The summed E-state index contributed by atoms with van der Waals surface area (Å²) in [6, 6.07) is 5.48. The number of halogens is 1. The Labute approximate surface area is 130 Å². The Balaban J connectivity index is 1.61. The molecule has 1 fully saturated rings. The largest absolute Gasteiger partial charge is 0.396 e. The maximum absolute atomic E-state index is 13.3. The normalized spacial score (nSPS) is 22.3. The molecule has 1 aromatic heterocycles. The summed E-state index contributed by atoms with van der Waals surface area (Å²) in [5.41, 5.74) is 3.28. The Morgan fingerprint density at radius 1 is 1.36 bits per heavy atom. The fourth-order valence-corrected chi connectivity index (χ4v) is 3.73. The van der Waals surface area contributed by atoms with Crippen LogP contribution in [0.3, 0.4) is 0 Å². The topological polar surface area (TPSA) is 48.0 Å². The van der Waals surface area contributed by atoms with Gasteiger partial charge in [0.25, 0.3) is 0 Å². The van der Waals surface area contributed by atoms with Crippen molar-refractivity contribution in [3.05, 3.63) is 35.3 Å². The van der Waals surface area contributed by atoms with E-state index in [0.717, 1.165) is 42.4 Å². The zero-order valence-corrected chi connectivity index (χ0v) is 13.2. The molecule has 4 heteroatoms. The van der Waals surface area contributed by atoms with Crippen molar-refractivity contribution in [1.29, 1.82) is 0 Å². The van der Waals surface area contributed by atoms with E-state index in [4.69, 9.17) is 0 Å². The van der Waals surface area contributed by atoms with Crippen LogP contribution in [0, 0.1) is 18.7 Å². The van der Waals surface area contributed by atoms with Gasteiger partial charge in [-0.2, -0.15) is 0 Å². The fourth-order valence-electron chi connectivity index (χ4n) is 3.73. The van der Waals surface area contributed by atoms with Crippen molar-refractivity contribution in [3.8, 4) is 0 Å². The van der Waals surface area contributed by atoms with Gasteiger partial charge in [-0.3, -0.25) is 0 Å². The number of rotatable bonds is 5. The Kier molecular flexibility index (Phi) is 4.79. The van der Waals surface area contributed by atoms with Gasteiger partial charge in [-0.15, -0.1) is 0 Å². The van der Waals surface area contributed by atoms with E-state index in [0.29, 0.717) is 18.6 Å². The lowest BCUT2D eigenvalue weighted by Gasteiger charge is -2.28. The Morgan fingerprint density at radius 2 is 2.23 bits per heavy atom. The molecule has 3 rings (SSSR count). The second-order valence-corrected chi connectivity index (χ2v) is 6.53. The van der Waals surface area contributed by atoms with Gasteiger partial charge in [0.1, 0.15) is 5.82 Å². The molecule has 3 nitrogen and oxygen atoms in total. The molecule has 22 heavy (non-hydrogen) atoms. The molecule has 1 aromatic carbocycles. The monoisotopic (exact) mass is 304 g/mol. The lowest BCUT2D eigenvalue weighted by Crippen LogP contribution is -2.36. The third-order valence-electron chi connectivity index (χ3n) is 4.93. The summed E-state index contributed by atoms with van der Waals surface area (Å²) in [5, 5.41) is 14.1. The maximum Gasteiger partial charge on any atom is 0.125 e. The molecule has 0 saturated heterocycles. The summed E-state index contributed by atoms with van der Waals surface area (Å²) in [6.07, 6.45) is 5.58. The van der Waals surface area contributed by atoms with E-state index < -0.39 is 0 Å². The van der Waals surface area contributed by atoms with Crippen molar-refractivity contribution in [3.63, 3.8) is 0 Å². The van der Waals surface area contributed by atoms with Gasteiger partial charge >= 0.3 is 0 Å². The Hall–Kier alpha value is -1.39. The van der Waals surface area contributed by atoms with Gasteiger partial charge in [-0.25, -0.2) is 4.39 Å². The molecule has 1 aliphatic rings. The molecular formula is C18H25FN2O. The zero-order chi connectivity index (χ0) is 15.5. The predicted octanol–water partition coefficient (Wildman–Crippen LogP) is 3.30. The number of hydrogen-bond donors (Lipinski definition) is 3. The Bertz CT molecular complexity index is 637. The highest BCUT2D eigenvalue weighted by Gasteiger charge is 2.20. The van der Waals surface area contributed by atoms with Gasteiger partial charge < -0.3 is 15.4 Å². The smallest absolute Gasteiger partial charge is 0.125 e. The van der Waals surface area contributed by atoms with E-state index in [9.17, 15) is 9.50 Å². The van der Waals surface area contributed by atoms with Crippen LogP contribution in [0.5, 0.6) is 0 Å². The maximum atomic E-state index is 13.3. The zero-order valence-electron chi connectivity index (χ0n) is 13.2. The van der Waals surface area contributed by atoms with Crippen LogP contribution in [0.4, 0.5) is 4.39 Å². The fraction of sp³-hybridized carbons (Fsp3) is 0.556. The van der Waals surface area contributed by atoms with Crippen LogP contribution < -0.4 is 5.32 Å². The van der Waals surface area contributed by atoms with Crippen LogP contribution in [-0.4, -0.2) is 29.3 Å². The van der Waals surface area contributed by atoms with E-state index in [1.54, 1.807) is 6.07 Å². The van der Waals surface area contributed by atoms with Gasteiger partial charge in [0.05, 0.1) is 0 Å². The number of aryl methyl sites for hydroxylation is 1. The number of nitrogens with one attached hydrogen (secondary N) is 2. The van der Waals surface area contributed by atoms with Crippen molar-refractivity contribution in [2.75, 3.05) is 13.2 Å². The van der Waals surface area contributed by atoms with Crippen LogP contribution in [0.1, 0.15) is 36.9 Å². The first-order valence-corrected chi connectivity index (χ1v) is 8.28. The minimum Gasteiger partial charge on any atom is -0.396 e. The van der Waals surface area contributed by atoms with E-state index in [1.807, 2.05) is 6.07 Å². The van der Waals surface area contributed by atoms with Crippen LogP contribution in [-0.2, 0) is 6.42 Å². The molecule has 2 atom stereocenters. The third-order valence-corrected chi connectivity index (χ3v) is 4.93. The van der Waals surface area contributed by atoms with E-state index in [1.165, 1.54) is 24.5 Å². The summed E-state index contributed by atoms with van der Waals surface area (Å²) in [6.45, 7) is 3.29. The van der Waals surface area contributed by atoms with Crippen molar-refractivity contribution in [2.45, 2.75) is 45.1 Å². The first kappa shape index (κ1) is 15.5. The molecule has 0 aliphatic heterocycles. The number of benzene rings is 1. The summed E-state index contributed by atoms with van der Waals surface area (Å²) >= 11 is 0. The lowest BCUT2D eigenvalue weighted by atomic mass is 9.86. The van der Waals surface area contributed by atoms with Crippen molar-refractivity contribution in [2.24, 2.45) is 5.92 Å². The van der Waals surface area contributed by atoms with Gasteiger partial charge in [-0.1, -0.05) is 6.42 Å². The number of aliphatic hydroxyl groups is 1. The first-order valence-electron chi connectivity index (χ1n) is 8.28. The van der Waals surface area contributed by atoms with Crippen LogP contribution in [0.25, 0.3) is 10.9 Å². The number of hydrogen-bond acceptors (Lipinski definition) is 2. The van der Waals surface area contributed by atoms with Crippen LogP contribution in [0.15, 0.2) is 18.2 Å². The van der Waals surface area contributed by atoms with Gasteiger partial charge in [0.2, 0.25) is 0 Å². The number of aromatic amines is 1. The average Bonchev–Trinajstić information content (AvgIpc) is 2.82. The van der Waals surface area contributed by atoms with Gasteiger partial charge in [0, 0.05) is 29.2 Å². The van der Waals surface area contributed by atoms with Gasteiger partial charge in [-0.05, 0) is 68.8 Å². The highest BCUT2D eigenvalue weighted by molar-refractivity contribution is 5.84. The lowest BCUT2D eigenvalue weighted by molar-refractivity contribution is 0.171. The summed E-state index contributed by atoms with van der Waals surface area (Å²) in [4.78, 5) is 3.27. The molecule has 0 radical (unpaired) electrons. The summed E-state index contributed by atoms with van der Waals surface area (Å²) in [7, 11) is 0. The number of fused-ring (bicyclic) bond motifs is 1. The molecular weight excluding hydrogens is 279 g/mol. The first-order chi connectivity index (χ1) is 10.7. The minimum atomic E-state index is -0.198. The highest BCUT2D eigenvalue weighted by Crippen LogP contribution is 2.25. The van der Waals surface area contributed by atoms with Crippen molar-refractivity contribution < 1.29 is 9.50 Å². The molecule has 0 spiro atoms. The Morgan fingerprint density at radius 3 is 3.05 bits per heavy atom. The average molecular weight is 304 g/mol. The third kappa shape index (κ3) is 3.33. The number of aromatic nitrogens is 1. The molecule has 120 valence electrons.